The molecule has 0 saturated heterocycles. The Labute approximate surface area is 168 Å². The van der Waals surface area contributed by atoms with E-state index in [1.165, 1.54) is 61.9 Å². The van der Waals surface area contributed by atoms with Crippen molar-refractivity contribution in [3.63, 3.8) is 0 Å². The number of hydrogen-bond donors (Lipinski definition) is 2. The minimum atomic E-state index is -0.926. The maximum Gasteiger partial charge on any atom is 0.404 e. The second kappa shape index (κ2) is 13.1. The average Bonchev–Trinajstić information content (AvgIpc) is 3.16. The van der Waals surface area contributed by atoms with E-state index in [9.17, 15) is 4.79 Å². The molecule has 1 unspecified atom stereocenters. The number of nitrogens with zero attached hydrogens (tertiary/aromatic N) is 2. The van der Waals surface area contributed by atoms with Gasteiger partial charge in [-0.25, -0.2) is 9.78 Å². The van der Waals surface area contributed by atoms with E-state index in [1.54, 1.807) is 11.3 Å². The minimum absolute atomic E-state index is 0.555. The largest absolute Gasteiger partial charge is 0.465 e. The van der Waals surface area contributed by atoms with E-state index in [4.69, 9.17) is 5.11 Å². The van der Waals surface area contributed by atoms with Crippen molar-refractivity contribution in [2.45, 2.75) is 90.0 Å². The lowest BCUT2D eigenvalue weighted by Gasteiger charge is -2.33. The molecule has 1 saturated carbocycles. The molecule has 2 aliphatic rings. The first-order valence-electron chi connectivity index (χ1n) is 10.8. The molecule has 0 radical (unpaired) electrons. The molecule has 154 valence electrons. The SMILES string of the molecule is C1CCCCC1.CCCN(CCCCNC(=O)O)C1CCc2ncsc2C1. The average molecular weight is 396 g/mol. The van der Waals surface area contributed by atoms with Gasteiger partial charge in [-0.1, -0.05) is 45.4 Å². The van der Waals surface area contributed by atoms with E-state index < -0.39 is 6.09 Å². The molecular weight excluding hydrogens is 358 g/mol. The molecule has 27 heavy (non-hydrogen) atoms. The number of amides is 1. The number of carbonyl (C=O) groups is 1. The zero-order valence-electron chi connectivity index (χ0n) is 16.9. The van der Waals surface area contributed by atoms with Gasteiger partial charge in [0.15, 0.2) is 0 Å². The van der Waals surface area contributed by atoms with Crippen molar-refractivity contribution in [1.82, 2.24) is 15.2 Å². The molecule has 0 aliphatic heterocycles. The van der Waals surface area contributed by atoms with Crippen LogP contribution in [0.1, 0.15) is 81.7 Å². The molecule has 3 rings (SSSR count). The summed E-state index contributed by atoms with van der Waals surface area (Å²) >= 11 is 1.79. The first-order chi connectivity index (χ1) is 13.2. The van der Waals surface area contributed by atoms with Gasteiger partial charge in [0.25, 0.3) is 0 Å². The third kappa shape index (κ3) is 8.60. The van der Waals surface area contributed by atoms with Gasteiger partial charge in [-0.15, -0.1) is 11.3 Å². The molecule has 2 aliphatic carbocycles. The molecule has 0 spiro atoms. The van der Waals surface area contributed by atoms with E-state index in [1.807, 2.05) is 5.51 Å². The Morgan fingerprint density at radius 3 is 2.56 bits per heavy atom. The Bertz CT molecular complexity index is 520. The lowest BCUT2D eigenvalue weighted by molar-refractivity contribution is 0.175. The van der Waals surface area contributed by atoms with Crippen LogP contribution < -0.4 is 5.32 Å². The number of carboxylic acid groups (broad SMARTS) is 1. The summed E-state index contributed by atoms with van der Waals surface area (Å²) in [6.45, 7) is 4.97. The van der Waals surface area contributed by atoms with Crippen molar-refractivity contribution in [2.75, 3.05) is 19.6 Å². The standard InChI is InChI=1S/C15H25N3O2S.C6H12/c1-2-8-18(9-4-3-7-16-15(19)20)12-5-6-13-14(10-12)21-11-17-13;1-2-4-6-5-3-1/h11-12,16H,2-10H2,1H3,(H,19,20);1-6H2. The van der Waals surface area contributed by atoms with Crippen LogP contribution in [0.2, 0.25) is 0 Å². The van der Waals surface area contributed by atoms with Crippen LogP contribution in [0.25, 0.3) is 0 Å². The van der Waals surface area contributed by atoms with E-state index >= 15 is 0 Å². The summed E-state index contributed by atoms with van der Waals surface area (Å²) in [7, 11) is 0. The quantitative estimate of drug-likeness (QED) is 0.601. The highest BCUT2D eigenvalue weighted by Gasteiger charge is 2.25. The van der Waals surface area contributed by atoms with Gasteiger partial charge in [0.2, 0.25) is 0 Å². The number of nitrogens with one attached hydrogen (secondary N) is 1. The summed E-state index contributed by atoms with van der Waals surface area (Å²) in [5.41, 5.74) is 3.27. The fourth-order valence-electron chi connectivity index (χ4n) is 4.05. The lowest BCUT2D eigenvalue weighted by atomic mass is 9.96. The summed E-state index contributed by atoms with van der Waals surface area (Å²) < 4.78 is 0. The van der Waals surface area contributed by atoms with Gasteiger partial charge in [-0.2, -0.15) is 0 Å². The van der Waals surface area contributed by atoms with Crippen LogP contribution in [0.5, 0.6) is 0 Å². The second-order valence-electron chi connectivity index (χ2n) is 7.72. The van der Waals surface area contributed by atoms with Crippen molar-refractivity contribution in [3.8, 4) is 0 Å². The highest BCUT2D eigenvalue weighted by Crippen LogP contribution is 2.27. The van der Waals surface area contributed by atoms with Crippen LogP contribution in [0, 0.1) is 0 Å². The number of aromatic nitrogens is 1. The van der Waals surface area contributed by atoms with E-state index in [-0.39, 0.29) is 0 Å². The molecule has 6 heteroatoms. The summed E-state index contributed by atoms with van der Waals surface area (Å²) in [5.74, 6) is 0. The van der Waals surface area contributed by atoms with Crippen LogP contribution in [0.4, 0.5) is 4.79 Å². The third-order valence-corrected chi connectivity index (χ3v) is 6.43. The molecule has 0 bridgehead atoms. The monoisotopic (exact) mass is 395 g/mol. The molecule has 5 nitrogen and oxygen atoms in total. The fraction of sp³-hybridized carbons (Fsp3) is 0.810. The molecule has 1 heterocycles. The lowest BCUT2D eigenvalue weighted by Crippen LogP contribution is -2.40. The number of unbranched alkanes of at least 4 members (excludes halogenated alkanes) is 1. The molecule has 1 aromatic heterocycles. The maximum absolute atomic E-state index is 10.4. The Morgan fingerprint density at radius 1 is 1.22 bits per heavy atom. The van der Waals surface area contributed by atoms with Gasteiger partial charge in [-0.05, 0) is 51.6 Å². The van der Waals surface area contributed by atoms with Crippen LogP contribution in [-0.2, 0) is 12.8 Å². The highest BCUT2D eigenvalue weighted by atomic mass is 32.1. The Kier molecular flexibility index (Phi) is 10.8. The first-order valence-corrected chi connectivity index (χ1v) is 11.7. The number of hydrogen-bond acceptors (Lipinski definition) is 4. The number of rotatable bonds is 8. The van der Waals surface area contributed by atoms with Gasteiger partial charge >= 0.3 is 6.09 Å². The number of aryl methyl sites for hydroxylation is 1. The molecule has 1 fully saturated rings. The fourth-order valence-corrected chi connectivity index (χ4v) is 4.94. The zero-order valence-corrected chi connectivity index (χ0v) is 17.7. The van der Waals surface area contributed by atoms with Gasteiger partial charge in [0, 0.05) is 17.5 Å². The molecule has 1 aromatic rings. The first kappa shape index (κ1) is 22.2. The van der Waals surface area contributed by atoms with Crippen LogP contribution in [0.3, 0.4) is 0 Å². The maximum atomic E-state index is 10.4. The predicted octanol–water partition coefficient (Wildman–Crippen LogP) is 5.10. The summed E-state index contributed by atoms with van der Waals surface area (Å²) in [5, 5.41) is 11.0. The van der Waals surface area contributed by atoms with Gasteiger partial charge in [0.05, 0.1) is 11.2 Å². The van der Waals surface area contributed by atoms with Crippen molar-refractivity contribution in [2.24, 2.45) is 0 Å². The number of fused-ring (bicyclic) bond motifs is 1. The topological polar surface area (TPSA) is 65.5 Å². The zero-order chi connectivity index (χ0) is 19.3. The molecule has 2 N–H and O–H groups in total. The van der Waals surface area contributed by atoms with Crippen LogP contribution in [-0.4, -0.2) is 46.8 Å². The van der Waals surface area contributed by atoms with Crippen molar-refractivity contribution >= 4 is 17.4 Å². The Morgan fingerprint density at radius 2 is 1.93 bits per heavy atom. The smallest absolute Gasteiger partial charge is 0.404 e. The molecule has 1 atom stereocenters. The predicted molar refractivity (Wildman–Crippen MR) is 113 cm³/mol. The summed E-state index contributed by atoms with van der Waals surface area (Å²) in [4.78, 5) is 18.9. The second-order valence-corrected chi connectivity index (χ2v) is 8.65. The highest BCUT2D eigenvalue weighted by molar-refractivity contribution is 7.09. The third-order valence-electron chi connectivity index (χ3n) is 5.54. The van der Waals surface area contributed by atoms with E-state index in [0.717, 1.165) is 38.8 Å². The summed E-state index contributed by atoms with van der Waals surface area (Å²) in [6, 6.07) is 0.630. The van der Waals surface area contributed by atoms with E-state index in [2.05, 4.69) is 22.1 Å². The van der Waals surface area contributed by atoms with Gasteiger partial charge in [-0.3, -0.25) is 0 Å². The van der Waals surface area contributed by atoms with Gasteiger partial charge in [0.1, 0.15) is 0 Å². The summed E-state index contributed by atoms with van der Waals surface area (Å²) in [6.07, 6.45) is 14.6. The Balaban J connectivity index is 0.000000369. The van der Waals surface area contributed by atoms with Gasteiger partial charge < -0.3 is 15.3 Å². The van der Waals surface area contributed by atoms with Crippen molar-refractivity contribution in [3.05, 3.63) is 16.1 Å². The van der Waals surface area contributed by atoms with Crippen molar-refractivity contribution in [1.29, 1.82) is 0 Å². The molecular formula is C21H37N3O2S. The number of thiazole rings is 1. The van der Waals surface area contributed by atoms with Crippen LogP contribution >= 0.6 is 11.3 Å². The minimum Gasteiger partial charge on any atom is -0.465 e. The van der Waals surface area contributed by atoms with Crippen molar-refractivity contribution < 1.29 is 9.90 Å². The van der Waals surface area contributed by atoms with Crippen LogP contribution in [0.15, 0.2) is 5.51 Å². The molecule has 1 amide bonds. The normalized spacial score (nSPS) is 19.1. The van der Waals surface area contributed by atoms with E-state index in [0.29, 0.717) is 12.6 Å². The molecule has 0 aromatic carbocycles. The Hall–Kier alpha value is -1.14.